The van der Waals surface area contributed by atoms with Crippen LogP contribution in [-0.4, -0.2) is 25.8 Å². The summed E-state index contributed by atoms with van der Waals surface area (Å²) >= 11 is 0. The van der Waals surface area contributed by atoms with Gasteiger partial charge in [0.05, 0.1) is 0 Å². The van der Waals surface area contributed by atoms with Gasteiger partial charge >= 0.3 is 47.6 Å². The van der Waals surface area contributed by atoms with Gasteiger partial charge in [0, 0.05) is 21.1 Å². The Balaban J connectivity index is 0. The molecular weight excluding hydrogens is 363 g/mol. The third-order valence-electron chi connectivity index (χ3n) is 0. The molecule has 0 bridgehead atoms. The first-order valence-corrected chi connectivity index (χ1v) is 0. The molecule has 0 saturated heterocycles. The van der Waals surface area contributed by atoms with Crippen LogP contribution >= 0.6 is 0 Å². The third-order valence-corrected chi connectivity index (χ3v) is 0. The zero-order chi connectivity index (χ0) is 0. The minimum atomic E-state index is 0. The first-order chi connectivity index (χ1) is 0. The van der Waals surface area contributed by atoms with Gasteiger partial charge in [0.25, 0.3) is 0 Å². The molecule has 0 aliphatic carbocycles. The van der Waals surface area contributed by atoms with Gasteiger partial charge in [-0.2, -0.15) is 0 Å². The summed E-state index contributed by atoms with van der Waals surface area (Å²) < 4.78 is 0. The maximum atomic E-state index is 0. The van der Waals surface area contributed by atoms with Crippen molar-refractivity contribution in [2.45, 2.75) is 0 Å². The molecule has 0 unspecified atom stereocenters. The fraction of sp³-hybridized carbons (Fsp3) is 0. The van der Waals surface area contributed by atoms with Crippen LogP contribution < -0.4 is 0 Å². The predicted molar refractivity (Wildman–Crippen MR) is 6.44 cm³/mol. The maximum Gasteiger partial charge on any atom is 4.00 e. The fourth-order valence-electron chi connectivity index (χ4n) is 0. The average molecular weight is 363 g/mol. The molecule has 0 amide bonds. The van der Waals surface area contributed by atoms with Crippen LogP contribution in [0, 0.1) is 0 Å². The van der Waals surface area contributed by atoms with Crippen molar-refractivity contribution in [3.8, 4) is 0 Å². The molecule has 0 heterocycles. The van der Waals surface area contributed by atoms with Crippen LogP contribution in [0.15, 0.2) is 0 Å². The summed E-state index contributed by atoms with van der Waals surface area (Å²) in [5, 5.41) is 0. The molecule has 0 saturated carbocycles. The van der Waals surface area contributed by atoms with Gasteiger partial charge in [-0.3, -0.25) is 0 Å². The van der Waals surface area contributed by atoms with E-state index in [1.165, 1.54) is 0 Å². The molecular formula is InOTiW+5. The zero-order valence-electron chi connectivity index (χ0n) is 1.89. The Kier molecular flexibility index (Phi) is 161. The van der Waals surface area contributed by atoms with E-state index >= 15 is 0 Å². The molecule has 0 atom stereocenters. The van der Waals surface area contributed by atoms with Crippen LogP contribution in [0.25, 0.3) is 0 Å². The molecule has 4 heavy (non-hydrogen) atoms. The molecule has 0 aliphatic heterocycles. The van der Waals surface area contributed by atoms with Gasteiger partial charge in [0.1, 0.15) is 0 Å². The molecule has 1 nitrogen and oxygen atoms in total. The second-order valence-corrected chi connectivity index (χ2v) is 0. The first-order valence-electron chi connectivity index (χ1n) is 0. The van der Waals surface area contributed by atoms with E-state index in [2.05, 4.69) is 0 Å². The Morgan fingerprint density at radius 3 is 1.00 bits per heavy atom. The Labute approximate surface area is 73.2 Å². The predicted octanol–water partition coefficient (Wildman–Crippen LogP) is -0.505. The van der Waals surface area contributed by atoms with Crippen molar-refractivity contribution in [3.63, 3.8) is 0 Å². The molecule has 4 heteroatoms. The first kappa shape index (κ1) is 34.2. The van der Waals surface area contributed by atoms with Crippen LogP contribution in [0.1, 0.15) is 0 Å². The second kappa shape index (κ2) is 18.8. The SMILES string of the molecule is [In+3].[O-2].[Ti+4].[W]. The summed E-state index contributed by atoms with van der Waals surface area (Å²) in [6, 6.07) is 0. The summed E-state index contributed by atoms with van der Waals surface area (Å²) in [6.07, 6.45) is 0. The van der Waals surface area contributed by atoms with E-state index in [4.69, 9.17) is 0 Å². The van der Waals surface area contributed by atoms with Crippen molar-refractivity contribution in [2.75, 3.05) is 0 Å². The van der Waals surface area contributed by atoms with E-state index in [9.17, 15) is 0 Å². The van der Waals surface area contributed by atoms with E-state index in [0.717, 1.165) is 0 Å². The minimum absolute atomic E-state index is 0. The third kappa shape index (κ3) is 8.87. The van der Waals surface area contributed by atoms with Gasteiger partial charge in [-0.25, -0.2) is 0 Å². The summed E-state index contributed by atoms with van der Waals surface area (Å²) in [6.45, 7) is 0. The van der Waals surface area contributed by atoms with Gasteiger partial charge < -0.3 is 5.48 Å². The quantitative estimate of drug-likeness (QED) is 0.520. The molecule has 0 radical (unpaired) electrons. The van der Waals surface area contributed by atoms with Crippen LogP contribution in [0.3, 0.4) is 0 Å². The molecule has 0 spiro atoms. The van der Waals surface area contributed by atoms with Gasteiger partial charge in [0.2, 0.25) is 0 Å². The smallest absolute Gasteiger partial charge is 2.00 e. The molecule has 0 rings (SSSR count). The molecule has 0 fully saturated rings. The number of rotatable bonds is 0. The van der Waals surface area contributed by atoms with E-state index < -0.39 is 0 Å². The molecule has 0 aromatic heterocycles. The second-order valence-electron chi connectivity index (χ2n) is 0. The van der Waals surface area contributed by atoms with Crippen molar-refractivity contribution in [1.29, 1.82) is 0 Å². The largest absolute Gasteiger partial charge is 4.00 e. The van der Waals surface area contributed by atoms with E-state index in [1.807, 2.05) is 0 Å². The summed E-state index contributed by atoms with van der Waals surface area (Å²) in [5.74, 6) is 0. The van der Waals surface area contributed by atoms with Gasteiger partial charge in [0.15, 0.2) is 0 Å². The van der Waals surface area contributed by atoms with Crippen molar-refractivity contribution in [3.05, 3.63) is 0 Å². The van der Waals surface area contributed by atoms with E-state index in [1.54, 1.807) is 0 Å². The Bertz CT molecular complexity index is 8.00. The molecule has 0 aromatic rings. The van der Waals surface area contributed by atoms with Crippen LogP contribution in [0.2, 0.25) is 0 Å². The average Bonchev–Trinajstić information content (AvgIpc) is 0. The van der Waals surface area contributed by atoms with Crippen LogP contribution in [-0.2, 0) is 48.3 Å². The Hall–Kier alpha value is 2.23. The topological polar surface area (TPSA) is 28.5 Å². The molecule has 0 aliphatic rings. The minimum Gasteiger partial charge on any atom is -2.00 e. The number of hydrogen-bond acceptors (Lipinski definition) is 0. The van der Waals surface area contributed by atoms with E-state index in [0.29, 0.717) is 0 Å². The Morgan fingerprint density at radius 2 is 1.00 bits per heavy atom. The van der Waals surface area contributed by atoms with Crippen molar-refractivity contribution < 1.29 is 48.3 Å². The Morgan fingerprint density at radius 1 is 1.00 bits per heavy atom. The van der Waals surface area contributed by atoms with E-state index in [-0.39, 0.29) is 74.1 Å². The van der Waals surface area contributed by atoms with Gasteiger partial charge in [-0.05, 0) is 0 Å². The molecule has 0 aromatic carbocycles. The molecule has 14 valence electrons. The fourth-order valence-corrected chi connectivity index (χ4v) is 0. The summed E-state index contributed by atoms with van der Waals surface area (Å²) in [7, 11) is 0. The molecule has 0 N–H and O–H groups in total. The summed E-state index contributed by atoms with van der Waals surface area (Å²) in [4.78, 5) is 0. The summed E-state index contributed by atoms with van der Waals surface area (Å²) in [5.41, 5.74) is 0. The van der Waals surface area contributed by atoms with Gasteiger partial charge in [-0.1, -0.05) is 0 Å². The maximum absolute atomic E-state index is 0. The normalized spacial score (nSPS) is 0. The van der Waals surface area contributed by atoms with Crippen LogP contribution in [0.4, 0.5) is 0 Å². The van der Waals surface area contributed by atoms with Gasteiger partial charge in [-0.15, -0.1) is 0 Å². The monoisotopic (exact) mass is 363 g/mol. The zero-order valence-corrected chi connectivity index (χ0v) is 9.68. The standard InChI is InChI=1S/In.O.Ti.W/q+3;-2;+4;. The van der Waals surface area contributed by atoms with Crippen molar-refractivity contribution in [1.82, 2.24) is 0 Å². The van der Waals surface area contributed by atoms with Crippen molar-refractivity contribution >= 4 is 25.8 Å². The number of hydrogen-bond donors (Lipinski definition) is 0. The van der Waals surface area contributed by atoms with Crippen molar-refractivity contribution in [2.24, 2.45) is 0 Å². The van der Waals surface area contributed by atoms with Crippen LogP contribution in [0.5, 0.6) is 0 Å².